The summed E-state index contributed by atoms with van der Waals surface area (Å²) in [6, 6.07) is 5.82. The first-order chi connectivity index (χ1) is 8.22. The van der Waals surface area contributed by atoms with Crippen molar-refractivity contribution in [2.75, 3.05) is 26.3 Å². The summed E-state index contributed by atoms with van der Waals surface area (Å²) >= 11 is 12.3. The van der Waals surface area contributed by atoms with Crippen molar-refractivity contribution >= 4 is 23.2 Å². The normalized spacial score (nSPS) is 21.7. The van der Waals surface area contributed by atoms with Crippen LogP contribution in [0.15, 0.2) is 18.2 Å². The van der Waals surface area contributed by atoms with Crippen LogP contribution in [0.4, 0.5) is 0 Å². The number of ether oxygens (including phenoxy) is 1. The second kappa shape index (κ2) is 6.03. The first kappa shape index (κ1) is 13.1. The Hall–Kier alpha value is -0.320. The predicted octanol–water partition coefficient (Wildman–Crippen LogP) is 2.15. The third kappa shape index (κ3) is 3.12. The van der Waals surface area contributed by atoms with Crippen LogP contribution in [0, 0.1) is 0 Å². The number of morpholine rings is 1. The standard InChI is InChI=1S/C12H16Cl2N2O/c13-11-2-1-3-12(14)10(11)7-16-4-5-17-8-9(16)6-15/h1-3,9H,4-8,15H2. The first-order valence-electron chi connectivity index (χ1n) is 5.67. The fourth-order valence-electron chi connectivity index (χ4n) is 2.00. The van der Waals surface area contributed by atoms with E-state index in [0.717, 1.165) is 25.3 Å². The molecule has 3 nitrogen and oxygen atoms in total. The molecular weight excluding hydrogens is 259 g/mol. The van der Waals surface area contributed by atoms with Gasteiger partial charge in [-0.3, -0.25) is 4.90 Å². The summed E-state index contributed by atoms with van der Waals surface area (Å²) in [6.45, 7) is 3.59. The summed E-state index contributed by atoms with van der Waals surface area (Å²) in [6.07, 6.45) is 0. The Morgan fingerprint density at radius 3 is 2.71 bits per heavy atom. The molecule has 1 fully saturated rings. The van der Waals surface area contributed by atoms with Crippen LogP contribution >= 0.6 is 23.2 Å². The van der Waals surface area contributed by atoms with E-state index >= 15 is 0 Å². The van der Waals surface area contributed by atoms with Gasteiger partial charge in [-0.05, 0) is 12.1 Å². The minimum Gasteiger partial charge on any atom is -0.378 e. The Balaban J connectivity index is 2.13. The molecule has 1 saturated heterocycles. The zero-order chi connectivity index (χ0) is 12.3. The molecule has 1 aliphatic rings. The smallest absolute Gasteiger partial charge is 0.0634 e. The van der Waals surface area contributed by atoms with Crippen molar-refractivity contribution in [3.8, 4) is 0 Å². The molecule has 1 unspecified atom stereocenters. The molecule has 0 radical (unpaired) electrons. The maximum absolute atomic E-state index is 6.17. The molecule has 1 atom stereocenters. The molecule has 17 heavy (non-hydrogen) atoms. The number of nitrogens with two attached hydrogens (primary N) is 1. The number of benzene rings is 1. The van der Waals surface area contributed by atoms with Gasteiger partial charge in [-0.2, -0.15) is 0 Å². The summed E-state index contributed by atoms with van der Waals surface area (Å²) in [5, 5.41) is 1.42. The van der Waals surface area contributed by atoms with Crippen molar-refractivity contribution in [2.45, 2.75) is 12.6 Å². The summed E-state index contributed by atoms with van der Waals surface area (Å²) < 4.78 is 5.41. The van der Waals surface area contributed by atoms with Gasteiger partial charge in [0.25, 0.3) is 0 Å². The highest BCUT2D eigenvalue weighted by Gasteiger charge is 2.23. The molecular formula is C12H16Cl2N2O. The Labute approximate surface area is 111 Å². The lowest BCUT2D eigenvalue weighted by molar-refractivity contribution is -0.00790. The van der Waals surface area contributed by atoms with Gasteiger partial charge in [0.1, 0.15) is 0 Å². The van der Waals surface area contributed by atoms with Crippen LogP contribution in [0.1, 0.15) is 5.56 Å². The highest BCUT2D eigenvalue weighted by molar-refractivity contribution is 6.35. The molecule has 1 heterocycles. The van der Waals surface area contributed by atoms with E-state index in [2.05, 4.69) is 4.90 Å². The fraction of sp³-hybridized carbons (Fsp3) is 0.500. The Bertz CT molecular complexity index is 367. The largest absolute Gasteiger partial charge is 0.378 e. The van der Waals surface area contributed by atoms with Crippen LogP contribution in [-0.2, 0) is 11.3 Å². The van der Waals surface area contributed by atoms with E-state index in [1.54, 1.807) is 0 Å². The van der Waals surface area contributed by atoms with Crippen LogP contribution in [0.2, 0.25) is 10.0 Å². The quantitative estimate of drug-likeness (QED) is 0.918. The molecule has 5 heteroatoms. The Kier molecular flexibility index (Phi) is 4.65. The lowest BCUT2D eigenvalue weighted by Gasteiger charge is -2.35. The summed E-state index contributed by atoms with van der Waals surface area (Å²) in [5.74, 6) is 0. The molecule has 0 amide bonds. The fourth-order valence-corrected chi connectivity index (χ4v) is 2.52. The van der Waals surface area contributed by atoms with E-state index < -0.39 is 0 Å². The van der Waals surface area contributed by atoms with Crippen LogP contribution < -0.4 is 5.73 Å². The maximum atomic E-state index is 6.17. The molecule has 0 aromatic heterocycles. The number of halogens is 2. The first-order valence-corrected chi connectivity index (χ1v) is 6.42. The lowest BCUT2D eigenvalue weighted by Crippen LogP contribution is -2.48. The van der Waals surface area contributed by atoms with Crippen molar-refractivity contribution in [3.05, 3.63) is 33.8 Å². The second-order valence-electron chi connectivity index (χ2n) is 4.14. The number of rotatable bonds is 3. The molecule has 1 aliphatic heterocycles. The van der Waals surface area contributed by atoms with Crippen LogP contribution in [0.3, 0.4) is 0 Å². The summed E-state index contributed by atoms with van der Waals surface area (Å²) in [5.41, 5.74) is 6.70. The maximum Gasteiger partial charge on any atom is 0.0634 e. The van der Waals surface area contributed by atoms with E-state index in [1.165, 1.54) is 0 Å². The Morgan fingerprint density at radius 2 is 2.06 bits per heavy atom. The van der Waals surface area contributed by atoms with Crippen molar-refractivity contribution in [3.63, 3.8) is 0 Å². The zero-order valence-corrected chi connectivity index (χ0v) is 11.0. The van der Waals surface area contributed by atoms with Gasteiger partial charge in [0.2, 0.25) is 0 Å². The van der Waals surface area contributed by atoms with E-state index in [-0.39, 0.29) is 6.04 Å². The average Bonchev–Trinajstić information content (AvgIpc) is 2.34. The minimum absolute atomic E-state index is 0.246. The van der Waals surface area contributed by atoms with Gasteiger partial charge in [0, 0.05) is 41.3 Å². The van der Waals surface area contributed by atoms with Crippen LogP contribution in [-0.4, -0.2) is 37.2 Å². The third-order valence-electron chi connectivity index (χ3n) is 3.04. The lowest BCUT2D eigenvalue weighted by atomic mass is 10.1. The summed E-state index contributed by atoms with van der Waals surface area (Å²) in [4.78, 5) is 2.27. The van der Waals surface area contributed by atoms with Crippen LogP contribution in [0.5, 0.6) is 0 Å². The topological polar surface area (TPSA) is 38.5 Å². The molecule has 2 rings (SSSR count). The van der Waals surface area contributed by atoms with Gasteiger partial charge in [-0.15, -0.1) is 0 Å². The second-order valence-corrected chi connectivity index (χ2v) is 4.95. The van der Waals surface area contributed by atoms with Crippen molar-refractivity contribution < 1.29 is 4.74 Å². The predicted molar refractivity (Wildman–Crippen MR) is 70.5 cm³/mol. The van der Waals surface area contributed by atoms with E-state index in [1.807, 2.05) is 18.2 Å². The number of hydrogen-bond donors (Lipinski definition) is 1. The average molecular weight is 275 g/mol. The highest BCUT2D eigenvalue weighted by atomic mass is 35.5. The van der Waals surface area contributed by atoms with Gasteiger partial charge in [0.15, 0.2) is 0 Å². The monoisotopic (exact) mass is 274 g/mol. The molecule has 94 valence electrons. The van der Waals surface area contributed by atoms with Gasteiger partial charge in [-0.25, -0.2) is 0 Å². The van der Waals surface area contributed by atoms with E-state index in [9.17, 15) is 0 Å². The number of nitrogens with zero attached hydrogens (tertiary/aromatic N) is 1. The SMILES string of the molecule is NCC1COCCN1Cc1c(Cl)cccc1Cl. The molecule has 1 aromatic carbocycles. The molecule has 0 aliphatic carbocycles. The van der Waals surface area contributed by atoms with E-state index in [4.69, 9.17) is 33.7 Å². The zero-order valence-electron chi connectivity index (χ0n) is 9.53. The van der Waals surface area contributed by atoms with Gasteiger partial charge >= 0.3 is 0 Å². The Morgan fingerprint density at radius 1 is 1.35 bits per heavy atom. The van der Waals surface area contributed by atoms with Crippen molar-refractivity contribution in [1.82, 2.24) is 4.90 Å². The third-order valence-corrected chi connectivity index (χ3v) is 3.75. The van der Waals surface area contributed by atoms with Crippen LogP contribution in [0.25, 0.3) is 0 Å². The minimum atomic E-state index is 0.246. The number of hydrogen-bond acceptors (Lipinski definition) is 3. The van der Waals surface area contributed by atoms with Crippen molar-refractivity contribution in [2.24, 2.45) is 5.73 Å². The molecule has 1 aromatic rings. The molecule has 0 spiro atoms. The molecule has 2 N–H and O–H groups in total. The highest BCUT2D eigenvalue weighted by Crippen LogP contribution is 2.26. The van der Waals surface area contributed by atoms with E-state index in [0.29, 0.717) is 23.2 Å². The summed E-state index contributed by atoms with van der Waals surface area (Å²) in [7, 11) is 0. The molecule has 0 saturated carbocycles. The van der Waals surface area contributed by atoms with Gasteiger partial charge in [0.05, 0.1) is 13.2 Å². The molecule has 0 bridgehead atoms. The van der Waals surface area contributed by atoms with Gasteiger partial charge < -0.3 is 10.5 Å². The van der Waals surface area contributed by atoms with Crippen molar-refractivity contribution in [1.29, 1.82) is 0 Å². The van der Waals surface area contributed by atoms with Gasteiger partial charge in [-0.1, -0.05) is 29.3 Å².